The number of hydrogen-bond acceptors (Lipinski definition) is 0. The van der Waals surface area contributed by atoms with Crippen molar-refractivity contribution in [2.24, 2.45) is 0 Å². The van der Waals surface area contributed by atoms with Crippen molar-refractivity contribution in [1.29, 1.82) is 0 Å². The van der Waals surface area contributed by atoms with Crippen molar-refractivity contribution in [3.8, 4) is 0 Å². The standard InChI is InChI=1S/C18H12.CH4/c1-2-7-15-12-18-16(11-14(15)6-1)10-9-13-5-3-4-8-17(13)18;/h1-12H;1H4. The van der Waals surface area contributed by atoms with Crippen LogP contribution in [0.15, 0.2) is 72.8 Å². The largest absolute Gasteiger partial charge is 0.0776 e. The summed E-state index contributed by atoms with van der Waals surface area (Å²) in [6.45, 7) is 0. The van der Waals surface area contributed by atoms with Gasteiger partial charge in [0.2, 0.25) is 0 Å². The van der Waals surface area contributed by atoms with Crippen LogP contribution in [0.5, 0.6) is 0 Å². The van der Waals surface area contributed by atoms with Gasteiger partial charge in [0.1, 0.15) is 0 Å². The van der Waals surface area contributed by atoms with Gasteiger partial charge in [-0.2, -0.15) is 0 Å². The SMILES string of the molecule is C.c1ccc2cc3c(ccc4ccccc43)cc2c1. The Hall–Kier alpha value is -2.34. The molecule has 0 unspecified atom stereocenters. The van der Waals surface area contributed by atoms with Crippen LogP contribution in [0, 0.1) is 0 Å². The zero-order chi connectivity index (χ0) is 11.9. The van der Waals surface area contributed by atoms with Gasteiger partial charge >= 0.3 is 0 Å². The van der Waals surface area contributed by atoms with Gasteiger partial charge in [0.25, 0.3) is 0 Å². The van der Waals surface area contributed by atoms with E-state index in [0.717, 1.165) is 0 Å². The van der Waals surface area contributed by atoms with Gasteiger partial charge in [-0.15, -0.1) is 0 Å². The molecule has 0 aromatic heterocycles. The molecule has 0 heterocycles. The lowest BCUT2D eigenvalue weighted by atomic mass is 9.98. The van der Waals surface area contributed by atoms with Gasteiger partial charge in [0.05, 0.1) is 0 Å². The van der Waals surface area contributed by atoms with E-state index < -0.39 is 0 Å². The highest BCUT2D eigenvalue weighted by atomic mass is 14.1. The maximum atomic E-state index is 2.30. The quantitative estimate of drug-likeness (QED) is 0.271. The van der Waals surface area contributed by atoms with Crippen molar-refractivity contribution in [2.75, 3.05) is 0 Å². The molecule has 0 saturated heterocycles. The molecule has 4 rings (SSSR count). The maximum absolute atomic E-state index is 2.30. The Kier molecular flexibility index (Phi) is 2.72. The van der Waals surface area contributed by atoms with E-state index in [9.17, 15) is 0 Å². The van der Waals surface area contributed by atoms with E-state index in [0.29, 0.717) is 0 Å². The van der Waals surface area contributed by atoms with Crippen LogP contribution < -0.4 is 0 Å². The van der Waals surface area contributed by atoms with Crippen molar-refractivity contribution >= 4 is 32.3 Å². The highest BCUT2D eigenvalue weighted by Gasteiger charge is 2.01. The molecule has 4 aromatic carbocycles. The van der Waals surface area contributed by atoms with Crippen molar-refractivity contribution in [3.05, 3.63) is 72.8 Å². The summed E-state index contributed by atoms with van der Waals surface area (Å²) in [6, 6.07) is 26.1. The monoisotopic (exact) mass is 244 g/mol. The second-order valence-electron chi connectivity index (χ2n) is 4.71. The molecule has 0 aliphatic carbocycles. The first-order chi connectivity index (χ1) is 8.92. The summed E-state index contributed by atoms with van der Waals surface area (Å²) in [7, 11) is 0. The molecular formula is C19H16. The number of rotatable bonds is 0. The Balaban J connectivity index is 0.00000110. The smallest absolute Gasteiger partial charge is 0.00990 e. The van der Waals surface area contributed by atoms with Crippen LogP contribution in [-0.2, 0) is 0 Å². The summed E-state index contributed by atoms with van der Waals surface area (Å²) < 4.78 is 0. The number of fused-ring (bicyclic) bond motifs is 4. The highest BCUT2D eigenvalue weighted by molar-refractivity contribution is 6.11. The first kappa shape index (κ1) is 11.7. The van der Waals surface area contributed by atoms with Crippen molar-refractivity contribution in [1.82, 2.24) is 0 Å². The molecular weight excluding hydrogens is 228 g/mol. The predicted octanol–water partition coefficient (Wildman–Crippen LogP) is 5.78. The third-order valence-electron chi connectivity index (χ3n) is 3.61. The second-order valence-corrected chi connectivity index (χ2v) is 4.71. The Morgan fingerprint density at radius 2 is 1.00 bits per heavy atom. The molecule has 0 radical (unpaired) electrons. The maximum Gasteiger partial charge on any atom is -0.00990 e. The summed E-state index contributed by atoms with van der Waals surface area (Å²) >= 11 is 0. The van der Waals surface area contributed by atoms with E-state index in [4.69, 9.17) is 0 Å². The molecule has 0 aliphatic rings. The first-order valence-corrected chi connectivity index (χ1v) is 6.22. The molecule has 0 atom stereocenters. The molecule has 0 bridgehead atoms. The van der Waals surface area contributed by atoms with E-state index in [-0.39, 0.29) is 7.43 Å². The molecule has 0 fully saturated rings. The third kappa shape index (κ3) is 1.77. The fourth-order valence-electron chi connectivity index (χ4n) is 2.70. The number of benzene rings is 4. The van der Waals surface area contributed by atoms with Crippen LogP contribution >= 0.6 is 0 Å². The van der Waals surface area contributed by atoms with Crippen LogP contribution in [0.1, 0.15) is 7.43 Å². The molecule has 4 aromatic rings. The molecule has 0 saturated carbocycles. The van der Waals surface area contributed by atoms with Crippen LogP contribution in [0.4, 0.5) is 0 Å². The lowest BCUT2D eigenvalue weighted by molar-refractivity contribution is 1.77. The van der Waals surface area contributed by atoms with Gasteiger partial charge in [0.15, 0.2) is 0 Å². The molecule has 92 valence electrons. The zero-order valence-electron chi connectivity index (χ0n) is 9.93. The van der Waals surface area contributed by atoms with Crippen LogP contribution in [0.25, 0.3) is 32.3 Å². The highest BCUT2D eigenvalue weighted by Crippen LogP contribution is 2.29. The predicted molar refractivity (Wildman–Crippen MR) is 85.7 cm³/mol. The molecule has 0 amide bonds. The van der Waals surface area contributed by atoms with Gasteiger partial charge in [-0.1, -0.05) is 68.1 Å². The first-order valence-electron chi connectivity index (χ1n) is 6.22. The molecule has 0 spiro atoms. The molecule has 0 N–H and O–H groups in total. The van der Waals surface area contributed by atoms with E-state index in [1.165, 1.54) is 32.3 Å². The van der Waals surface area contributed by atoms with Crippen molar-refractivity contribution < 1.29 is 0 Å². The van der Waals surface area contributed by atoms with E-state index in [2.05, 4.69) is 72.8 Å². The van der Waals surface area contributed by atoms with Gasteiger partial charge in [-0.05, 0) is 44.5 Å². The summed E-state index contributed by atoms with van der Waals surface area (Å²) in [6.07, 6.45) is 0. The lowest BCUT2D eigenvalue weighted by Crippen LogP contribution is -1.79. The summed E-state index contributed by atoms with van der Waals surface area (Å²) in [5.41, 5.74) is 0. The Morgan fingerprint density at radius 3 is 1.79 bits per heavy atom. The minimum atomic E-state index is 0. The second kappa shape index (κ2) is 4.40. The Bertz CT molecular complexity index is 866. The molecule has 0 aliphatic heterocycles. The van der Waals surface area contributed by atoms with Crippen molar-refractivity contribution in [2.45, 2.75) is 7.43 Å². The minimum absolute atomic E-state index is 0. The summed E-state index contributed by atoms with van der Waals surface area (Å²) in [5.74, 6) is 0. The van der Waals surface area contributed by atoms with Crippen LogP contribution in [0.3, 0.4) is 0 Å². The van der Waals surface area contributed by atoms with Gasteiger partial charge < -0.3 is 0 Å². The lowest BCUT2D eigenvalue weighted by Gasteiger charge is -2.06. The summed E-state index contributed by atoms with van der Waals surface area (Å²) in [5, 5.41) is 7.90. The zero-order valence-corrected chi connectivity index (χ0v) is 9.93. The van der Waals surface area contributed by atoms with Crippen molar-refractivity contribution in [3.63, 3.8) is 0 Å². The van der Waals surface area contributed by atoms with Gasteiger partial charge in [-0.25, -0.2) is 0 Å². The van der Waals surface area contributed by atoms with Gasteiger partial charge in [-0.3, -0.25) is 0 Å². The topological polar surface area (TPSA) is 0 Å². The van der Waals surface area contributed by atoms with Crippen LogP contribution in [-0.4, -0.2) is 0 Å². The fraction of sp³-hybridized carbons (Fsp3) is 0.0526. The van der Waals surface area contributed by atoms with Crippen LogP contribution in [0.2, 0.25) is 0 Å². The minimum Gasteiger partial charge on any atom is -0.0776 e. The van der Waals surface area contributed by atoms with Gasteiger partial charge in [0, 0.05) is 0 Å². The molecule has 0 nitrogen and oxygen atoms in total. The average molecular weight is 244 g/mol. The average Bonchev–Trinajstić information content (AvgIpc) is 2.45. The Morgan fingerprint density at radius 1 is 0.421 bits per heavy atom. The van der Waals surface area contributed by atoms with E-state index in [1.807, 2.05) is 0 Å². The van der Waals surface area contributed by atoms with E-state index in [1.54, 1.807) is 0 Å². The number of hydrogen-bond donors (Lipinski definition) is 0. The summed E-state index contributed by atoms with van der Waals surface area (Å²) in [4.78, 5) is 0. The molecule has 0 heteroatoms. The molecule has 19 heavy (non-hydrogen) atoms. The normalized spacial score (nSPS) is 10.7. The fourth-order valence-corrected chi connectivity index (χ4v) is 2.70. The Labute approximate surface area is 113 Å². The third-order valence-corrected chi connectivity index (χ3v) is 3.61. The van der Waals surface area contributed by atoms with E-state index >= 15 is 0 Å².